The van der Waals surface area contributed by atoms with E-state index in [-0.39, 0.29) is 29.8 Å². The van der Waals surface area contributed by atoms with E-state index in [0.717, 1.165) is 50.5 Å². The van der Waals surface area contributed by atoms with Crippen molar-refractivity contribution >= 4 is 41.3 Å². The van der Waals surface area contributed by atoms with Crippen molar-refractivity contribution in [2.75, 3.05) is 33.7 Å². The third-order valence-corrected chi connectivity index (χ3v) is 6.01. The van der Waals surface area contributed by atoms with Crippen LogP contribution in [0, 0.1) is 5.82 Å². The average Bonchev–Trinajstić information content (AvgIpc) is 3.23. The highest BCUT2D eigenvalue weighted by molar-refractivity contribution is 14.0. The van der Waals surface area contributed by atoms with E-state index in [1.165, 1.54) is 5.56 Å². The smallest absolute Gasteiger partial charge is 0.191 e. The fourth-order valence-electron chi connectivity index (χ4n) is 3.75. The van der Waals surface area contributed by atoms with Crippen LogP contribution in [0.1, 0.15) is 36.5 Å². The molecule has 3 rings (SSSR count). The van der Waals surface area contributed by atoms with Crippen LogP contribution in [0.2, 0.25) is 0 Å². The summed E-state index contributed by atoms with van der Waals surface area (Å²) in [6, 6.07) is 7.94. The van der Waals surface area contributed by atoms with Gasteiger partial charge in [0.1, 0.15) is 5.82 Å². The first-order valence-electron chi connectivity index (χ1n) is 10.7. The van der Waals surface area contributed by atoms with Crippen molar-refractivity contribution in [3.05, 3.63) is 57.5 Å². The van der Waals surface area contributed by atoms with Crippen LogP contribution in [-0.4, -0.2) is 55.5 Å². The van der Waals surface area contributed by atoms with Gasteiger partial charge in [-0.3, -0.25) is 4.90 Å². The van der Waals surface area contributed by atoms with Gasteiger partial charge in [-0.15, -0.1) is 24.0 Å². The Balaban J connectivity index is 0.00000341. The van der Waals surface area contributed by atoms with Crippen LogP contribution < -0.4 is 10.6 Å². The number of benzene rings is 1. The van der Waals surface area contributed by atoms with Crippen LogP contribution in [0.4, 0.5) is 4.39 Å². The van der Waals surface area contributed by atoms with E-state index in [1.54, 1.807) is 17.4 Å². The quantitative estimate of drug-likeness (QED) is 0.288. The van der Waals surface area contributed by atoms with Gasteiger partial charge in [-0.25, -0.2) is 9.38 Å². The van der Waals surface area contributed by atoms with Gasteiger partial charge in [0.05, 0.1) is 6.54 Å². The molecule has 0 atom stereocenters. The van der Waals surface area contributed by atoms with E-state index in [9.17, 15) is 4.39 Å². The fraction of sp³-hybridized carbons (Fsp3) is 0.522. The Labute approximate surface area is 207 Å². The molecule has 2 aromatic rings. The summed E-state index contributed by atoms with van der Waals surface area (Å²) in [5, 5.41) is 11.3. The topological polar surface area (TPSA) is 42.9 Å². The maximum absolute atomic E-state index is 14.0. The minimum Gasteiger partial charge on any atom is -0.357 e. The lowest BCUT2D eigenvalue weighted by molar-refractivity contribution is 0.198. The van der Waals surface area contributed by atoms with Crippen LogP contribution in [0.3, 0.4) is 0 Å². The predicted octanol–water partition coefficient (Wildman–Crippen LogP) is 4.29. The Morgan fingerprint density at radius 2 is 2.00 bits per heavy atom. The summed E-state index contributed by atoms with van der Waals surface area (Å²) in [5.74, 6) is 0.683. The van der Waals surface area contributed by atoms with Crippen LogP contribution in [-0.2, 0) is 19.6 Å². The average molecular weight is 560 g/mol. The van der Waals surface area contributed by atoms with Crippen molar-refractivity contribution in [1.82, 2.24) is 20.4 Å². The molecule has 0 radical (unpaired) electrons. The number of aliphatic imine (C=N–C) groups is 1. The molecule has 1 aromatic carbocycles. The summed E-state index contributed by atoms with van der Waals surface area (Å²) >= 11 is 1.76. The lowest BCUT2D eigenvalue weighted by Gasteiger charge is -2.33. The Kier molecular flexibility index (Phi) is 11.2. The number of piperidine rings is 1. The summed E-state index contributed by atoms with van der Waals surface area (Å²) in [4.78, 5) is 9.25. The first-order chi connectivity index (χ1) is 14.5. The third-order valence-electron chi connectivity index (χ3n) is 5.28. The van der Waals surface area contributed by atoms with Gasteiger partial charge in [0.2, 0.25) is 0 Å². The third kappa shape index (κ3) is 8.67. The minimum absolute atomic E-state index is 0. The fourth-order valence-corrected chi connectivity index (χ4v) is 4.41. The molecule has 0 aliphatic carbocycles. The lowest BCUT2D eigenvalue weighted by atomic mass is 10.0. The van der Waals surface area contributed by atoms with E-state index in [2.05, 4.69) is 39.3 Å². The molecule has 172 valence electrons. The zero-order chi connectivity index (χ0) is 21.3. The highest BCUT2D eigenvalue weighted by Crippen LogP contribution is 2.16. The van der Waals surface area contributed by atoms with E-state index < -0.39 is 0 Å². The molecule has 8 heteroatoms. The number of likely N-dealkylation sites (tertiary alicyclic amines) is 1. The van der Waals surface area contributed by atoms with Crippen molar-refractivity contribution in [2.45, 2.75) is 45.4 Å². The number of guanidine groups is 1. The first-order valence-corrected chi connectivity index (χ1v) is 11.7. The molecule has 0 bridgehead atoms. The summed E-state index contributed by atoms with van der Waals surface area (Å²) in [7, 11) is 3.90. The van der Waals surface area contributed by atoms with Crippen molar-refractivity contribution in [2.24, 2.45) is 4.99 Å². The predicted molar refractivity (Wildman–Crippen MR) is 140 cm³/mol. The maximum atomic E-state index is 14.0. The van der Waals surface area contributed by atoms with E-state index in [1.807, 2.05) is 31.1 Å². The molecular weight excluding hydrogens is 524 g/mol. The summed E-state index contributed by atoms with van der Waals surface area (Å²) in [6.07, 6.45) is 2.22. The van der Waals surface area contributed by atoms with Gasteiger partial charge in [0.15, 0.2) is 5.96 Å². The molecule has 2 N–H and O–H groups in total. The van der Waals surface area contributed by atoms with Crippen LogP contribution in [0.25, 0.3) is 0 Å². The molecule has 0 amide bonds. The Bertz CT molecular complexity index is 804. The summed E-state index contributed by atoms with van der Waals surface area (Å²) in [5.41, 5.74) is 3.15. The molecule has 31 heavy (non-hydrogen) atoms. The number of hydrogen-bond acceptors (Lipinski definition) is 4. The van der Waals surface area contributed by atoms with Crippen LogP contribution in [0.5, 0.6) is 0 Å². The van der Waals surface area contributed by atoms with Gasteiger partial charge in [0, 0.05) is 44.3 Å². The Morgan fingerprint density at radius 3 is 2.65 bits per heavy atom. The second kappa shape index (κ2) is 13.3. The second-order valence-corrected chi connectivity index (χ2v) is 8.97. The van der Waals surface area contributed by atoms with Gasteiger partial charge in [-0.1, -0.05) is 6.07 Å². The number of halogens is 2. The molecule has 0 spiro atoms. The minimum atomic E-state index is -0.157. The van der Waals surface area contributed by atoms with E-state index >= 15 is 0 Å². The molecule has 1 aliphatic rings. The number of hydrogen-bond donors (Lipinski definition) is 2. The number of nitrogens with one attached hydrogen (secondary N) is 2. The standard InChI is InChI=1S/C23H34FN5S.HI/c1-4-25-23(26-14-18-5-6-22(24)20(13-18)16-28(2)3)27-21-7-10-29(11-8-21)15-19-9-12-30-17-19;/h5-6,9,12-13,17,21H,4,7-8,10-11,14-16H2,1-3H3,(H2,25,26,27);1H. The molecule has 1 aliphatic heterocycles. The van der Waals surface area contributed by atoms with Gasteiger partial charge >= 0.3 is 0 Å². The van der Waals surface area contributed by atoms with Gasteiger partial charge in [0.25, 0.3) is 0 Å². The number of nitrogens with zero attached hydrogens (tertiary/aromatic N) is 3. The van der Waals surface area contributed by atoms with E-state index in [4.69, 9.17) is 4.99 Å². The molecular formula is C23H35FIN5S. The summed E-state index contributed by atoms with van der Waals surface area (Å²) < 4.78 is 14.0. The zero-order valence-corrected chi connectivity index (χ0v) is 21.9. The van der Waals surface area contributed by atoms with Gasteiger partial charge in [-0.05, 0) is 73.9 Å². The normalized spacial score (nSPS) is 15.7. The van der Waals surface area contributed by atoms with Gasteiger partial charge < -0.3 is 15.5 Å². The van der Waals surface area contributed by atoms with Crippen LogP contribution in [0.15, 0.2) is 40.0 Å². The highest BCUT2D eigenvalue weighted by atomic mass is 127. The van der Waals surface area contributed by atoms with E-state index in [0.29, 0.717) is 24.7 Å². The first kappa shape index (κ1) is 26.0. The van der Waals surface area contributed by atoms with Crippen LogP contribution >= 0.6 is 35.3 Å². The molecule has 1 fully saturated rings. The second-order valence-electron chi connectivity index (χ2n) is 8.19. The Morgan fingerprint density at radius 1 is 1.23 bits per heavy atom. The highest BCUT2D eigenvalue weighted by Gasteiger charge is 2.20. The molecule has 5 nitrogen and oxygen atoms in total. The molecule has 0 unspecified atom stereocenters. The molecule has 2 heterocycles. The Hall–Kier alpha value is -1.23. The summed E-state index contributed by atoms with van der Waals surface area (Å²) in [6.45, 7) is 7.26. The monoisotopic (exact) mass is 559 g/mol. The molecule has 1 aromatic heterocycles. The SMILES string of the molecule is CCNC(=NCc1ccc(F)c(CN(C)C)c1)NC1CCN(Cc2ccsc2)CC1.I. The molecule has 1 saturated heterocycles. The zero-order valence-electron chi connectivity index (χ0n) is 18.7. The largest absolute Gasteiger partial charge is 0.357 e. The molecule has 0 saturated carbocycles. The number of thiophene rings is 1. The van der Waals surface area contributed by atoms with Crippen molar-refractivity contribution < 1.29 is 4.39 Å². The van der Waals surface area contributed by atoms with Crippen molar-refractivity contribution in [3.8, 4) is 0 Å². The maximum Gasteiger partial charge on any atom is 0.191 e. The lowest BCUT2D eigenvalue weighted by Crippen LogP contribution is -2.48. The number of rotatable bonds is 8. The van der Waals surface area contributed by atoms with Gasteiger partial charge in [-0.2, -0.15) is 11.3 Å². The van der Waals surface area contributed by atoms with Crippen molar-refractivity contribution in [3.63, 3.8) is 0 Å². The van der Waals surface area contributed by atoms with Crippen molar-refractivity contribution in [1.29, 1.82) is 0 Å².